The van der Waals surface area contributed by atoms with E-state index in [2.05, 4.69) is 55.0 Å². The minimum atomic E-state index is -4.99. The van der Waals surface area contributed by atoms with E-state index in [1.54, 1.807) is 24.3 Å². The zero-order valence-electron chi connectivity index (χ0n) is 43.7. The number of aromatic hydroxyl groups is 1. The zero-order chi connectivity index (χ0) is 55.3. The van der Waals surface area contributed by atoms with Crippen LogP contribution in [0.15, 0.2) is 220 Å². The van der Waals surface area contributed by atoms with Crippen LogP contribution in [0.3, 0.4) is 0 Å². The summed E-state index contributed by atoms with van der Waals surface area (Å²) in [5.41, 5.74) is 8.38. The van der Waals surface area contributed by atoms with E-state index in [9.17, 15) is 57.0 Å². The van der Waals surface area contributed by atoms with E-state index in [-0.39, 0.29) is 179 Å². The third-order valence-electron chi connectivity index (χ3n) is 12.3. The van der Waals surface area contributed by atoms with Gasteiger partial charge in [0, 0.05) is 168 Å². The zero-order valence-corrected chi connectivity index (χ0v) is 54.9. The Labute approximate surface area is 557 Å². The molecular weight excluding hydrogens is 1180 g/mol. The van der Waals surface area contributed by atoms with Gasteiger partial charge in [-0.1, -0.05) is 78.9 Å². The minimum absolute atomic E-state index is 0. The van der Waals surface area contributed by atoms with Gasteiger partial charge in [0.05, 0.1) is 33.3 Å². The standard InChI is InChI=1S/C40H27N7O13S4.C13H10O.4Na/c41-22-8-10-25-21(16-22)17-38(64(58,59)60)39(40(25)48)47-46-35-15-14-34(28-11-9-24(20-30(28)35)61(49,50)51)45-44-33-13-12-32(26-4-1-2-5-27(26)33)43-42-23-18-31-29(37(19-23)63(55,56)57)6-3-7-36(31)62(52,53)54;1-3-7-12-10(5-1)9-11-6-2-4-8-13(11)14-12;;;;/h1-20,48H,41H2,(H,49,50,51)(H,52,53,54)(H,55,56,57)(H,58,59,60);1-8H,9H2;;;;. The van der Waals surface area contributed by atoms with Crippen LogP contribution in [0.1, 0.15) is 11.1 Å². The summed E-state index contributed by atoms with van der Waals surface area (Å²) < 4.78 is 143. The molecule has 0 saturated heterocycles. The van der Waals surface area contributed by atoms with Gasteiger partial charge in [-0.05, 0) is 108 Å². The molecule has 10 aromatic carbocycles. The van der Waals surface area contributed by atoms with Crippen LogP contribution in [0.4, 0.5) is 39.8 Å². The first-order valence-corrected chi connectivity index (χ1v) is 28.5. The van der Waals surface area contributed by atoms with Gasteiger partial charge in [0.1, 0.15) is 31.9 Å². The summed E-state index contributed by atoms with van der Waals surface area (Å²) in [6.07, 6.45) is 0.979. The van der Waals surface area contributed by atoms with Crippen molar-refractivity contribution in [3.05, 3.63) is 181 Å². The molecule has 1 heterocycles. The second-order valence-electron chi connectivity index (χ2n) is 17.3. The molecule has 0 aliphatic carbocycles. The smallest absolute Gasteiger partial charge is 0.296 e. The van der Waals surface area contributed by atoms with Gasteiger partial charge in [-0.2, -0.15) is 38.8 Å². The molecule has 1 aliphatic heterocycles. The van der Waals surface area contributed by atoms with Crippen molar-refractivity contribution in [2.45, 2.75) is 26.0 Å². The number of hydrogen-bond donors (Lipinski definition) is 6. The number of nitrogens with zero attached hydrogens (tertiary/aromatic N) is 6. The van der Waals surface area contributed by atoms with Crippen LogP contribution in [0.5, 0.6) is 17.2 Å². The van der Waals surface area contributed by atoms with E-state index in [0.717, 1.165) is 48.3 Å². The Morgan fingerprint density at radius 1 is 0.390 bits per heavy atom. The number of para-hydroxylation sites is 2. The van der Waals surface area contributed by atoms with E-state index in [1.165, 1.54) is 77.9 Å². The van der Waals surface area contributed by atoms with Crippen molar-refractivity contribution in [2.75, 3.05) is 5.73 Å². The fraction of sp³-hybridized carbons (Fsp3) is 0.0189. The average Bonchev–Trinajstić information content (AvgIpc) is 2.73. The molecule has 0 bridgehead atoms. The molecular formula is C53H37N7Na4O14S4. The van der Waals surface area contributed by atoms with Crippen molar-refractivity contribution in [3.63, 3.8) is 0 Å². The normalized spacial score (nSPS) is 12.4. The maximum Gasteiger partial charge on any atom is 0.296 e. The first-order valence-electron chi connectivity index (χ1n) is 22.7. The number of nitrogen functional groups attached to an aromatic ring is 1. The third-order valence-corrected chi connectivity index (χ3v) is 15.8. The molecule has 0 atom stereocenters. The Hall–Kier alpha value is -4.92. The van der Waals surface area contributed by atoms with Gasteiger partial charge in [-0.3, -0.25) is 18.2 Å². The van der Waals surface area contributed by atoms with E-state index >= 15 is 0 Å². The van der Waals surface area contributed by atoms with Crippen LogP contribution >= 0.6 is 0 Å². The summed E-state index contributed by atoms with van der Waals surface area (Å²) in [7, 11) is -19.5. The second kappa shape index (κ2) is 26.6. The van der Waals surface area contributed by atoms with Crippen LogP contribution in [0, 0.1) is 0 Å². The van der Waals surface area contributed by atoms with Crippen LogP contribution in [-0.2, 0) is 46.9 Å². The van der Waals surface area contributed by atoms with Gasteiger partial charge < -0.3 is 15.6 Å². The molecule has 0 aromatic heterocycles. The maximum absolute atomic E-state index is 12.4. The summed E-state index contributed by atoms with van der Waals surface area (Å²) in [5, 5.41) is 37.4. The summed E-state index contributed by atoms with van der Waals surface area (Å²) >= 11 is 0. The number of azo groups is 3. The van der Waals surface area contributed by atoms with Gasteiger partial charge in [0.25, 0.3) is 40.5 Å². The number of phenols is 1. The van der Waals surface area contributed by atoms with Crippen molar-refractivity contribution in [1.29, 1.82) is 0 Å². The molecule has 0 unspecified atom stereocenters. The van der Waals surface area contributed by atoms with Gasteiger partial charge in [0.2, 0.25) is 0 Å². The number of anilines is 1. The number of rotatable bonds is 10. The van der Waals surface area contributed by atoms with Crippen molar-refractivity contribution >= 4 is 242 Å². The number of ether oxygens (including phenoxy) is 1. The predicted octanol–water partition coefficient (Wildman–Crippen LogP) is 11.7. The van der Waals surface area contributed by atoms with Gasteiger partial charge >= 0.3 is 0 Å². The topological polar surface area (TPSA) is 347 Å². The first-order chi connectivity index (χ1) is 37.0. The van der Waals surface area contributed by atoms with Crippen molar-refractivity contribution in [2.24, 2.45) is 30.7 Å². The van der Waals surface area contributed by atoms with E-state index in [0.29, 0.717) is 16.5 Å². The Bertz CT molecular complexity index is 4670. The second-order valence-corrected chi connectivity index (χ2v) is 22.9. The number of phenolic OH excluding ortho intramolecular Hbond substituents is 1. The quantitative estimate of drug-likeness (QED) is 0.0321. The molecule has 0 spiro atoms. The SMILES string of the molecule is Nc1ccc2c(O)c(N=Nc3ccc(N=Nc4ccc(N=Nc5cc(S(=O)(=O)O)c6cccc(S(=O)(=O)O)c6c5)c5ccccc45)c4ccc(S(=O)(=O)O)cc34)c(S(=O)(=O)O)cc2c1.[Na].[Na].[Na].[Na].c1ccc2c(c1)Cc1ccccc1O2. The van der Waals surface area contributed by atoms with Crippen LogP contribution in [0.2, 0.25) is 0 Å². The number of nitrogens with two attached hydrogens (primary N) is 1. The van der Waals surface area contributed by atoms with Crippen LogP contribution in [-0.4, -0.2) is 175 Å². The Balaban J connectivity index is 0.000000519. The number of fused-ring (bicyclic) bond motifs is 6. The molecule has 82 heavy (non-hydrogen) atoms. The molecule has 396 valence electrons. The monoisotopic (exact) mass is 1220 g/mol. The molecule has 1 aliphatic rings. The van der Waals surface area contributed by atoms with Gasteiger partial charge in [0.15, 0.2) is 5.75 Å². The summed E-state index contributed by atoms with van der Waals surface area (Å²) in [5.74, 6) is 1.33. The van der Waals surface area contributed by atoms with Crippen LogP contribution in [0.25, 0.3) is 43.1 Å². The summed E-state index contributed by atoms with van der Waals surface area (Å²) in [6, 6.07) is 43.3. The Morgan fingerprint density at radius 3 is 1.41 bits per heavy atom. The molecule has 4 radical (unpaired) electrons. The molecule has 11 rings (SSSR count). The van der Waals surface area contributed by atoms with E-state index in [1.807, 2.05) is 24.3 Å². The molecule has 0 fully saturated rings. The molecule has 0 amide bonds. The third kappa shape index (κ3) is 14.4. The largest absolute Gasteiger partial charge is 0.505 e. The Morgan fingerprint density at radius 2 is 0.866 bits per heavy atom. The average molecular weight is 1220 g/mol. The molecule has 29 heteroatoms. The first kappa shape index (κ1) is 66.2. The summed E-state index contributed by atoms with van der Waals surface area (Å²) in [4.78, 5) is -2.64. The van der Waals surface area contributed by atoms with Gasteiger partial charge in [-0.25, -0.2) is 0 Å². The summed E-state index contributed by atoms with van der Waals surface area (Å²) in [6.45, 7) is 0. The van der Waals surface area contributed by atoms with Crippen LogP contribution < -0.4 is 10.5 Å². The van der Waals surface area contributed by atoms with Crippen molar-refractivity contribution in [1.82, 2.24) is 0 Å². The molecule has 10 aromatic rings. The Kier molecular flexibility index (Phi) is 21.4. The minimum Gasteiger partial charge on any atom is -0.505 e. The fourth-order valence-corrected chi connectivity index (χ4v) is 11.3. The molecule has 21 nitrogen and oxygen atoms in total. The van der Waals surface area contributed by atoms with Crippen molar-refractivity contribution < 1.29 is 61.7 Å². The maximum atomic E-state index is 12.4. The van der Waals surface area contributed by atoms with E-state index in [4.69, 9.17) is 10.5 Å². The number of hydrogen-bond acceptors (Lipinski definition) is 17. The molecule has 0 saturated carbocycles. The molecule has 7 N–H and O–H groups in total. The predicted molar refractivity (Wildman–Crippen MR) is 312 cm³/mol. The fourth-order valence-electron chi connectivity index (χ4n) is 8.69. The number of benzene rings is 10. The van der Waals surface area contributed by atoms with Gasteiger partial charge in [-0.15, -0.1) is 25.6 Å². The van der Waals surface area contributed by atoms with Crippen molar-refractivity contribution in [3.8, 4) is 17.2 Å². The van der Waals surface area contributed by atoms with E-state index < -0.39 is 71.5 Å².